The highest BCUT2D eigenvalue weighted by Gasteiger charge is 2.16. The second kappa shape index (κ2) is 7.24. The minimum absolute atomic E-state index is 0.0419. The molecular weight excluding hydrogens is 282 g/mol. The molecule has 0 radical (unpaired) electrons. The van der Waals surface area contributed by atoms with Crippen LogP contribution in [0.15, 0.2) is 24.3 Å². The first-order valence-corrected chi connectivity index (χ1v) is 7.15. The van der Waals surface area contributed by atoms with Crippen LogP contribution >= 0.6 is 0 Å². The van der Waals surface area contributed by atoms with Crippen molar-refractivity contribution >= 4 is 0 Å². The third-order valence-corrected chi connectivity index (χ3v) is 3.77. The van der Waals surface area contributed by atoms with Crippen LogP contribution in [0.3, 0.4) is 0 Å². The van der Waals surface area contributed by atoms with E-state index in [0.717, 1.165) is 17.7 Å². The predicted molar refractivity (Wildman–Crippen MR) is 82.9 cm³/mol. The summed E-state index contributed by atoms with van der Waals surface area (Å²) in [5, 5.41) is 28.9. The van der Waals surface area contributed by atoms with Gasteiger partial charge in [0.2, 0.25) is 0 Å². The Kier molecular flexibility index (Phi) is 5.35. The van der Waals surface area contributed by atoms with E-state index in [-0.39, 0.29) is 19.0 Å². The summed E-state index contributed by atoms with van der Waals surface area (Å²) >= 11 is 0. The van der Waals surface area contributed by atoms with Gasteiger partial charge in [-0.15, -0.1) is 0 Å². The minimum Gasteiger partial charge on any atom is -0.506 e. The number of nitrogens with zero attached hydrogens (tertiary/aromatic N) is 1. The second-order valence-electron chi connectivity index (χ2n) is 5.11. The molecule has 0 aliphatic rings. The normalized spacial score (nSPS) is 10.7. The van der Waals surface area contributed by atoms with Gasteiger partial charge in [0.1, 0.15) is 11.5 Å². The van der Waals surface area contributed by atoms with Crippen LogP contribution in [0.5, 0.6) is 11.5 Å². The Labute approximate surface area is 129 Å². The van der Waals surface area contributed by atoms with E-state index in [2.05, 4.69) is 4.98 Å². The Morgan fingerprint density at radius 1 is 1.00 bits per heavy atom. The highest BCUT2D eigenvalue weighted by atomic mass is 16.5. The summed E-state index contributed by atoms with van der Waals surface area (Å²) in [4.78, 5) is 4.36. The van der Waals surface area contributed by atoms with Crippen LogP contribution < -0.4 is 4.74 Å². The van der Waals surface area contributed by atoms with Crippen LogP contribution in [0.4, 0.5) is 0 Å². The van der Waals surface area contributed by atoms with Gasteiger partial charge >= 0.3 is 0 Å². The number of benzene rings is 1. The van der Waals surface area contributed by atoms with E-state index >= 15 is 0 Å². The number of aromatic hydroxyl groups is 1. The highest BCUT2D eigenvalue weighted by molar-refractivity contribution is 5.44. The third kappa shape index (κ3) is 3.37. The summed E-state index contributed by atoms with van der Waals surface area (Å²) in [7, 11) is 1.63. The SMILES string of the molecule is COc1ccc(CCc2nc(C)c(O)c(CO)c2CO)cc1. The fourth-order valence-electron chi connectivity index (χ4n) is 2.48. The number of aryl methyl sites for hydroxylation is 3. The molecule has 0 aliphatic carbocycles. The van der Waals surface area contributed by atoms with Crippen molar-refractivity contribution in [1.29, 1.82) is 0 Å². The summed E-state index contributed by atoms with van der Waals surface area (Å²) in [6, 6.07) is 7.77. The summed E-state index contributed by atoms with van der Waals surface area (Å²) in [6.07, 6.45) is 1.37. The number of aliphatic hydroxyl groups excluding tert-OH is 2. The van der Waals surface area contributed by atoms with Crippen molar-refractivity contribution in [1.82, 2.24) is 4.98 Å². The van der Waals surface area contributed by atoms with Crippen molar-refractivity contribution in [2.45, 2.75) is 33.0 Å². The van der Waals surface area contributed by atoms with Crippen LogP contribution in [0.2, 0.25) is 0 Å². The van der Waals surface area contributed by atoms with Gasteiger partial charge in [-0.1, -0.05) is 12.1 Å². The Morgan fingerprint density at radius 3 is 2.18 bits per heavy atom. The average molecular weight is 303 g/mol. The van der Waals surface area contributed by atoms with Gasteiger partial charge in [-0.25, -0.2) is 0 Å². The Balaban J connectivity index is 2.23. The Hall–Kier alpha value is -2.11. The van der Waals surface area contributed by atoms with Crippen LogP contribution in [-0.4, -0.2) is 27.4 Å². The fourth-order valence-corrected chi connectivity index (χ4v) is 2.48. The van der Waals surface area contributed by atoms with E-state index < -0.39 is 0 Å². The quantitative estimate of drug-likeness (QED) is 0.759. The maximum absolute atomic E-state index is 9.93. The van der Waals surface area contributed by atoms with Crippen molar-refractivity contribution in [2.24, 2.45) is 0 Å². The molecule has 2 rings (SSSR count). The molecule has 3 N–H and O–H groups in total. The van der Waals surface area contributed by atoms with Crippen LogP contribution in [0.25, 0.3) is 0 Å². The molecule has 5 nitrogen and oxygen atoms in total. The van der Waals surface area contributed by atoms with E-state index in [4.69, 9.17) is 4.74 Å². The number of methoxy groups -OCH3 is 1. The Morgan fingerprint density at radius 2 is 1.64 bits per heavy atom. The molecular formula is C17H21NO4. The van der Waals surface area contributed by atoms with Gasteiger partial charge in [-0.3, -0.25) is 4.98 Å². The highest BCUT2D eigenvalue weighted by Crippen LogP contribution is 2.27. The molecule has 118 valence electrons. The molecule has 0 aliphatic heterocycles. The molecule has 5 heteroatoms. The molecule has 0 saturated carbocycles. The molecule has 1 aromatic heterocycles. The average Bonchev–Trinajstić information content (AvgIpc) is 2.55. The number of aliphatic hydroxyl groups is 2. The summed E-state index contributed by atoms with van der Waals surface area (Å²) < 4.78 is 5.13. The number of hydrogen-bond acceptors (Lipinski definition) is 5. The summed E-state index contributed by atoms with van der Waals surface area (Å²) in [5.41, 5.74) is 3.17. The van der Waals surface area contributed by atoms with Crippen molar-refractivity contribution in [3.8, 4) is 11.5 Å². The van der Waals surface area contributed by atoms with E-state index in [1.807, 2.05) is 24.3 Å². The Bertz CT molecular complexity index is 638. The molecule has 2 aromatic rings. The predicted octanol–water partition coefficient (Wildman–Crippen LogP) is 1.87. The van der Waals surface area contributed by atoms with E-state index in [1.165, 1.54) is 0 Å². The van der Waals surface area contributed by atoms with Crippen LogP contribution in [0.1, 0.15) is 28.1 Å². The molecule has 0 saturated heterocycles. The molecule has 0 fully saturated rings. The number of aromatic nitrogens is 1. The van der Waals surface area contributed by atoms with Gasteiger partial charge in [-0.05, 0) is 37.5 Å². The van der Waals surface area contributed by atoms with Gasteiger partial charge in [0.25, 0.3) is 0 Å². The van der Waals surface area contributed by atoms with E-state index in [9.17, 15) is 15.3 Å². The molecule has 0 atom stereocenters. The second-order valence-corrected chi connectivity index (χ2v) is 5.11. The fraction of sp³-hybridized carbons (Fsp3) is 0.353. The van der Waals surface area contributed by atoms with Crippen molar-refractivity contribution in [2.75, 3.05) is 7.11 Å². The first-order chi connectivity index (χ1) is 10.6. The lowest BCUT2D eigenvalue weighted by molar-refractivity contribution is 0.252. The molecule has 0 unspecified atom stereocenters. The standard InChI is InChI=1S/C17H21NO4/c1-11-17(21)15(10-20)14(9-19)16(18-11)8-5-12-3-6-13(22-2)7-4-12/h3-4,6-7,19-21H,5,8-10H2,1-2H3. The molecule has 0 bridgehead atoms. The minimum atomic E-state index is -0.319. The number of rotatable bonds is 6. The number of ether oxygens (including phenoxy) is 1. The van der Waals surface area contributed by atoms with Gasteiger partial charge in [0, 0.05) is 16.8 Å². The smallest absolute Gasteiger partial charge is 0.142 e. The maximum Gasteiger partial charge on any atom is 0.142 e. The topological polar surface area (TPSA) is 82.8 Å². The van der Waals surface area contributed by atoms with Gasteiger partial charge < -0.3 is 20.1 Å². The van der Waals surface area contributed by atoms with Gasteiger partial charge in [0.05, 0.1) is 26.0 Å². The molecule has 22 heavy (non-hydrogen) atoms. The monoisotopic (exact) mass is 303 g/mol. The van der Waals surface area contributed by atoms with Crippen LogP contribution in [-0.2, 0) is 26.1 Å². The molecule has 0 spiro atoms. The zero-order valence-electron chi connectivity index (χ0n) is 12.8. The lowest BCUT2D eigenvalue weighted by Crippen LogP contribution is -2.07. The molecule has 0 amide bonds. The largest absolute Gasteiger partial charge is 0.506 e. The zero-order chi connectivity index (χ0) is 16.1. The number of pyridine rings is 1. The molecule has 1 aromatic carbocycles. The lowest BCUT2D eigenvalue weighted by atomic mass is 10.00. The van der Waals surface area contributed by atoms with Gasteiger partial charge in [0.15, 0.2) is 0 Å². The van der Waals surface area contributed by atoms with Crippen molar-refractivity contribution in [3.05, 3.63) is 52.3 Å². The maximum atomic E-state index is 9.93. The van der Waals surface area contributed by atoms with E-state index in [1.54, 1.807) is 14.0 Å². The zero-order valence-corrected chi connectivity index (χ0v) is 12.8. The van der Waals surface area contributed by atoms with Crippen molar-refractivity contribution in [3.63, 3.8) is 0 Å². The van der Waals surface area contributed by atoms with Gasteiger partial charge in [-0.2, -0.15) is 0 Å². The first-order valence-electron chi connectivity index (χ1n) is 7.15. The van der Waals surface area contributed by atoms with Crippen LogP contribution in [0, 0.1) is 6.92 Å². The van der Waals surface area contributed by atoms with E-state index in [0.29, 0.717) is 28.9 Å². The van der Waals surface area contributed by atoms with Crippen molar-refractivity contribution < 1.29 is 20.1 Å². The summed E-state index contributed by atoms with van der Waals surface area (Å²) in [5.74, 6) is 0.765. The lowest BCUT2D eigenvalue weighted by Gasteiger charge is -2.14. The third-order valence-electron chi connectivity index (χ3n) is 3.77. The summed E-state index contributed by atoms with van der Waals surface area (Å²) in [6.45, 7) is 1.11. The number of hydrogen-bond donors (Lipinski definition) is 3. The molecule has 1 heterocycles. The first kappa shape index (κ1) is 16.3.